The highest BCUT2D eigenvalue weighted by Crippen LogP contribution is 2.17. The molecule has 6 heteroatoms. The Morgan fingerprint density at radius 3 is 2.65 bits per heavy atom. The Morgan fingerprint density at radius 2 is 2.10 bits per heavy atom. The molecule has 0 unspecified atom stereocenters. The van der Waals surface area contributed by atoms with Crippen LogP contribution in [0.1, 0.15) is 58.7 Å². The molecule has 6 nitrogen and oxygen atoms in total. The minimum absolute atomic E-state index is 0.105. The predicted octanol–water partition coefficient (Wildman–Crippen LogP) is 2.49. The summed E-state index contributed by atoms with van der Waals surface area (Å²) in [7, 11) is 0. The van der Waals surface area contributed by atoms with Gasteiger partial charge in [-0.25, -0.2) is 0 Å². The summed E-state index contributed by atoms with van der Waals surface area (Å²) in [6.45, 7) is 9.20. The lowest BCUT2D eigenvalue weighted by Crippen LogP contribution is -2.42. The zero-order chi connectivity index (χ0) is 15.2. The van der Waals surface area contributed by atoms with Crippen LogP contribution in [0.5, 0.6) is 0 Å². The Balaban J connectivity index is 2.64. The molecule has 0 aliphatic heterocycles. The highest BCUT2D eigenvalue weighted by molar-refractivity contribution is 5.66. The molecule has 20 heavy (non-hydrogen) atoms. The third-order valence-corrected chi connectivity index (χ3v) is 3.13. The zero-order valence-corrected chi connectivity index (χ0v) is 12.8. The van der Waals surface area contributed by atoms with Crippen molar-refractivity contribution in [3.63, 3.8) is 0 Å². The molecule has 1 rings (SSSR count). The Kier molecular flexibility index (Phi) is 6.13. The van der Waals surface area contributed by atoms with Crippen LogP contribution in [0.4, 0.5) is 0 Å². The second kappa shape index (κ2) is 7.38. The van der Waals surface area contributed by atoms with Crippen molar-refractivity contribution >= 4 is 5.97 Å². The summed E-state index contributed by atoms with van der Waals surface area (Å²) < 4.78 is 5.24. The molecule has 0 atom stereocenters. The maximum Gasteiger partial charge on any atom is 0.304 e. The molecule has 0 saturated heterocycles. The molecule has 0 aliphatic carbocycles. The average Bonchev–Trinajstić information content (AvgIpc) is 2.78. The molecule has 0 saturated carbocycles. The molecule has 1 heterocycles. The van der Waals surface area contributed by atoms with E-state index in [-0.39, 0.29) is 12.0 Å². The summed E-state index contributed by atoms with van der Waals surface area (Å²) in [4.78, 5) is 17.1. The quantitative estimate of drug-likeness (QED) is 0.789. The SMILES string of the molecule is CCCCc1noc(CN(CCC(=O)O)C(C)(C)C)n1. The van der Waals surface area contributed by atoms with Crippen LogP contribution in [0.15, 0.2) is 4.52 Å². The van der Waals surface area contributed by atoms with E-state index in [2.05, 4.69) is 17.1 Å². The van der Waals surface area contributed by atoms with E-state index < -0.39 is 5.97 Å². The Hall–Kier alpha value is -1.43. The molecule has 0 bridgehead atoms. The highest BCUT2D eigenvalue weighted by Gasteiger charge is 2.24. The van der Waals surface area contributed by atoms with Crippen molar-refractivity contribution in [2.45, 2.75) is 65.5 Å². The van der Waals surface area contributed by atoms with Crippen molar-refractivity contribution in [1.29, 1.82) is 0 Å². The number of aromatic nitrogens is 2. The fourth-order valence-electron chi connectivity index (χ4n) is 1.84. The topological polar surface area (TPSA) is 79.5 Å². The number of aryl methyl sites for hydroxylation is 1. The Bertz CT molecular complexity index is 424. The molecule has 1 aromatic heterocycles. The highest BCUT2D eigenvalue weighted by atomic mass is 16.5. The van der Waals surface area contributed by atoms with Crippen LogP contribution < -0.4 is 0 Å². The number of rotatable bonds is 8. The fourth-order valence-corrected chi connectivity index (χ4v) is 1.84. The van der Waals surface area contributed by atoms with Crippen LogP contribution in [-0.2, 0) is 17.8 Å². The van der Waals surface area contributed by atoms with Gasteiger partial charge in [0.15, 0.2) is 5.82 Å². The third-order valence-electron chi connectivity index (χ3n) is 3.13. The minimum atomic E-state index is -0.798. The van der Waals surface area contributed by atoms with E-state index in [1.54, 1.807) is 0 Å². The van der Waals surface area contributed by atoms with E-state index in [1.165, 1.54) is 0 Å². The normalized spacial score (nSPS) is 12.1. The summed E-state index contributed by atoms with van der Waals surface area (Å²) in [5, 5.41) is 12.8. The monoisotopic (exact) mass is 283 g/mol. The lowest BCUT2D eigenvalue weighted by atomic mass is 10.1. The van der Waals surface area contributed by atoms with Gasteiger partial charge in [0, 0.05) is 18.5 Å². The number of hydrogen-bond acceptors (Lipinski definition) is 5. The second-order valence-corrected chi connectivity index (χ2v) is 5.94. The lowest BCUT2D eigenvalue weighted by molar-refractivity contribution is -0.137. The lowest BCUT2D eigenvalue weighted by Gasteiger charge is -2.34. The van der Waals surface area contributed by atoms with Crippen molar-refractivity contribution in [2.75, 3.05) is 6.54 Å². The van der Waals surface area contributed by atoms with Crippen LogP contribution in [0, 0.1) is 0 Å². The molecular weight excluding hydrogens is 258 g/mol. The van der Waals surface area contributed by atoms with Gasteiger partial charge in [-0.1, -0.05) is 18.5 Å². The second-order valence-electron chi connectivity index (χ2n) is 5.94. The molecule has 0 aliphatic rings. The molecular formula is C14H25N3O3. The van der Waals surface area contributed by atoms with Crippen molar-refractivity contribution in [3.05, 3.63) is 11.7 Å². The van der Waals surface area contributed by atoms with Crippen molar-refractivity contribution < 1.29 is 14.4 Å². The summed E-state index contributed by atoms with van der Waals surface area (Å²) >= 11 is 0. The third kappa shape index (κ3) is 5.69. The number of carboxylic acids is 1. The van der Waals surface area contributed by atoms with E-state index in [9.17, 15) is 4.79 Å². The first-order valence-corrected chi connectivity index (χ1v) is 7.11. The van der Waals surface area contributed by atoms with Gasteiger partial charge in [0.2, 0.25) is 5.89 Å². The molecule has 0 radical (unpaired) electrons. The molecule has 0 fully saturated rings. The summed E-state index contributed by atoms with van der Waals surface area (Å²) in [6, 6.07) is 0. The van der Waals surface area contributed by atoms with Gasteiger partial charge < -0.3 is 9.63 Å². The number of carboxylic acid groups (broad SMARTS) is 1. The maximum absolute atomic E-state index is 10.7. The standard InChI is InChI=1S/C14H25N3O3/c1-5-6-7-11-15-12(20-16-11)10-17(14(2,3)4)9-8-13(18)19/h5-10H2,1-4H3,(H,18,19). The van der Waals surface area contributed by atoms with Crippen LogP contribution in [0.2, 0.25) is 0 Å². The van der Waals surface area contributed by atoms with Gasteiger partial charge >= 0.3 is 5.97 Å². The van der Waals surface area contributed by atoms with Crippen LogP contribution in [-0.4, -0.2) is 38.2 Å². The van der Waals surface area contributed by atoms with Crippen molar-refractivity contribution in [3.8, 4) is 0 Å². The van der Waals surface area contributed by atoms with E-state index in [4.69, 9.17) is 9.63 Å². The van der Waals surface area contributed by atoms with Gasteiger partial charge in [-0.3, -0.25) is 9.69 Å². The summed E-state index contributed by atoms with van der Waals surface area (Å²) in [5.74, 6) is 0.485. The van der Waals surface area contributed by atoms with E-state index in [1.807, 2.05) is 25.7 Å². The van der Waals surface area contributed by atoms with E-state index in [0.717, 1.165) is 25.1 Å². The molecule has 1 N–H and O–H groups in total. The first kappa shape index (κ1) is 16.6. The predicted molar refractivity (Wildman–Crippen MR) is 75.3 cm³/mol. The van der Waals surface area contributed by atoms with Crippen molar-refractivity contribution in [1.82, 2.24) is 15.0 Å². The first-order chi connectivity index (χ1) is 9.32. The summed E-state index contributed by atoms with van der Waals surface area (Å²) in [6.07, 6.45) is 3.07. The fraction of sp³-hybridized carbons (Fsp3) is 0.786. The molecule has 0 aromatic carbocycles. The number of unbranched alkanes of at least 4 members (excludes halogenated alkanes) is 1. The molecule has 0 amide bonds. The minimum Gasteiger partial charge on any atom is -0.481 e. The molecule has 0 spiro atoms. The van der Waals surface area contributed by atoms with Crippen LogP contribution in [0.3, 0.4) is 0 Å². The summed E-state index contributed by atoms with van der Waals surface area (Å²) in [5.41, 5.74) is -0.145. The number of aliphatic carboxylic acids is 1. The zero-order valence-electron chi connectivity index (χ0n) is 12.8. The smallest absolute Gasteiger partial charge is 0.304 e. The van der Waals surface area contributed by atoms with Gasteiger partial charge in [-0.2, -0.15) is 4.98 Å². The maximum atomic E-state index is 10.7. The molecule has 114 valence electrons. The van der Waals surface area contributed by atoms with Crippen molar-refractivity contribution in [2.24, 2.45) is 0 Å². The van der Waals surface area contributed by atoms with Crippen LogP contribution in [0.25, 0.3) is 0 Å². The number of hydrogen-bond donors (Lipinski definition) is 1. The van der Waals surface area contributed by atoms with Gasteiger partial charge in [-0.15, -0.1) is 0 Å². The van der Waals surface area contributed by atoms with E-state index in [0.29, 0.717) is 19.0 Å². The average molecular weight is 283 g/mol. The van der Waals surface area contributed by atoms with Crippen LogP contribution >= 0.6 is 0 Å². The molecule has 1 aromatic rings. The van der Waals surface area contributed by atoms with Gasteiger partial charge in [-0.05, 0) is 27.2 Å². The van der Waals surface area contributed by atoms with Gasteiger partial charge in [0.1, 0.15) is 0 Å². The number of nitrogens with zero attached hydrogens (tertiary/aromatic N) is 3. The largest absolute Gasteiger partial charge is 0.481 e. The van der Waals surface area contributed by atoms with Gasteiger partial charge in [0.25, 0.3) is 0 Å². The first-order valence-electron chi connectivity index (χ1n) is 7.11. The number of carbonyl (C=O) groups is 1. The Labute approximate surface area is 120 Å². The van der Waals surface area contributed by atoms with Gasteiger partial charge in [0.05, 0.1) is 13.0 Å². The van der Waals surface area contributed by atoms with E-state index >= 15 is 0 Å². The Morgan fingerprint density at radius 1 is 1.40 bits per heavy atom.